The summed E-state index contributed by atoms with van der Waals surface area (Å²) < 4.78 is 0. The van der Waals surface area contributed by atoms with Gasteiger partial charge in [-0.3, -0.25) is 4.98 Å². The predicted octanol–water partition coefficient (Wildman–Crippen LogP) is 4.49. The number of hydrogen-bond donors (Lipinski definition) is 1. The Morgan fingerprint density at radius 2 is 1.76 bits per heavy atom. The molecule has 1 N–H and O–H groups in total. The Labute approximate surface area is 128 Å². The monoisotopic (exact) mass is 282 g/mol. The zero-order chi connectivity index (χ0) is 15.3. The van der Waals surface area contributed by atoms with Gasteiger partial charge in [-0.05, 0) is 42.9 Å². The molecule has 0 aliphatic carbocycles. The van der Waals surface area contributed by atoms with Gasteiger partial charge in [-0.1, -0.05) is 50.2 Å². The topological polar surface area (TPSA) is 24.9 Å². The maximum absolute atomic E-state index is 4.20. The Kier molecular flexibility index (Phi) is 5.13. The third-order valence-electron chi connectivity index (χ3n) is 4.09. The van der Waals surface area contributed by atoms with Gasteiger partial charge in [0.15, 0.2) is 0 Å². The molecular formula is C19H26N2. The summed E-state index contributed by atoms with van der Waals surface area (Å²) in [5.41, 5.74) is 2.80. The van der Waals surface area contributed by atoms with Crippen LogP contribution in [0.15, 0.2) is 54.9 Å². The van der Waals surface area contributed by atoms with Gasteiger partial charge in [0.05, 0.1) is 0 Å². The van der Waals surface area contributed by atoms with Gasteiger partial charge in [0, 0.05) is 24.5 Å². The molecule has 0 fully saturated rings. The van der Waals surface area contributed by atoms with E-state index in [2.05, 4.69) is 74.4 Å². The largest absolute Gasteiger partial charge is 0.308 e. The molecule has 2 unspecified atom stereocenters. The summed E-state index contributed by atoms with van der Waals surface area (Å²) in [6.07, 6.45) is 4.85. The molecule has 2 aromatic rings. The summed E-state index contributed by atoms with van der Waals surface area (Å²) >= 11 is 0. The second kappa shape index (κ2) is 6.86. The van der Waals surface area contributed by atoms with Gasteiger partial charge in [-0.2, -0.15) is 0 Å². The fraction of sp³-hybridized carbons (Fsp3) is 0.421. The highest BCUT2D eigenvalue weighted by Gasteiger charge is 2.23. The Morgan fingerprint density at radius 1 is 1.05 bits per heavy atom. The van der Waals surface area contributed by atoms with E-state index in [1.807, 2.05) is 18.5 Å². The van der Waals surface area contributed by atoms with Crippen molar-refractivity contribution in [3.8, 4) is 0 Å². The molecule has 1 aromatic carbocycles. The number of aromatic nitrogens is 1. The van der Waals surface area contributed by atoms with Crippen molar-refractivity contribution in [2.24, 2.45) is 0 Å². The summed E-state index contributed by atoms with van der Waals surface area (Å²) in [6, 6.07) is 15.6. The van der Waals surface area contributed by atoms with Gasteiger partial charge in [0.1, 0.15) is 0 Å². The molecule has 2 atom stereocenters. The number of nitrogens with one attached hydrogen (secondary N) is 1. The lowest BCUT2D eigenvalue weighted by Crippen LogP contribution is -2.34. The molecule has 112 valence electrons. The molecular weight excluding hydrogens is 256 g/mol. The first-order valence-corrected chi connectivity index (χ1v) is 7.70. The minimum absolute atomic E-state index is 0.169. The number of benzene rings is 1. The molecule has 0 amide bonds. The SMILES string of the molecule is CC(CC(C)(C)c1ccccc1)NC(C)c1cccnc1. The highest BCUT2D eigenvalue weighted by molar-refractivity contribution is 5.23. The van der Waals surface area contributed by atoms with Crippen LogP contribution in [0, 0.1) is 0 Å². The van der Waals surface area contributed by atoms with Crippen molar-refractivity contribution in [1.29, 1.82) is 0 Å². The van der Waals surface area contributed by atoms with E-state index in [0.29, 0.717) is 12.1 Å². The van der Waals surface area contributed by atoms with E-state index in [4.69, 9.17) is 0 Å². The third-order valence-corrected chi connectivity index (χ3v) is 4.09. The van der Waals surface area contributed by atoms with Crippen LogP contribution in [0.5, 0.6) is 0 Å². The lowest BCUT2D eigenvalue weighted by Gasteiger charge is -2.30. The summed E-state index contributed by atoms with van der Waals surface area (Å²) in [5, 5.41) is 3.68. The number of pyridine rings is 1. The second-order valence-corrected chi connectivity index (χ2v) is 6.53. The van der Waals surface area contributed by atoms with Crippen molar-refractivity contribution in [3.63, 3.8) is 0 Å². The molecule has 0 saturated heterocycles. The smallest absolute Gasteiger partial charge is 0.0315 e. The van der Waals surface area contributed by atoms with Gasteiger partial charge >= 0.3 is 0 Å². The van der Waals surface area contributed by atoms with Crippen LogP contribution in [0.1, 0.15) is 51.3 Å². The Morgan fingerprint density at radius 3 is 2.38 bits per heavy atom. The van der Waals surface area contributed by atoms with Crippen LogP contribution in [0.25, 0.3) is 0 Å². The van der Waals surface area contributed by atoms with E-state index in [1.165, 1.54) is 11.1 Å². The standard InChI is InChI=1S/C19H26N2/c1-15(21-16(2)17-9-8-12-20-14-17)13-19(3,4)18-10-6-5-7-11-18/h5-12,14-16,21H,13H2,1-4H3. The fourth-order valence-corrected chi connectivity index (χ4v) is 2.99. The summed E-state index contributed by atoms with van der Waals surface area (Å²) in [6.45, 7) is 9.09. The van der Waals surface area contributed by atoms with Crippen molar-refractivity contribution < 1.29 is 0 Å². The lowest BCUT2D eigenvalue weighted by molar-refractivity contribution is 0.366. The Bertz CT molecular complexity index is 534. The van der Waals surface area contributed by atoms with Crippen LogP contribution in [-0.2, 0) is 5.41 Å². The van der Waals surface area contributed by atoms with Crippen molar-refractivity contribution in [3.05, 3.63) is 66.0 Å². The zero-order valence-corrected chi connectivity index (χ0v) is 13.5. The van der Waals surface area contributed by atoms with E-state index in [-0.39, 0.29) is 5.41 Å². The highest BCUT2D eigenvalue weighted by atomic mass is 14.9. The van der Waals surface area contributed by atoms with E-state index in [0.717, 1.165) is 6.42 Å². The average molecular weight is 282 g/mol. The molecule has 2 heteroatoms. The molecule has 0 aliphatic heterocycles. The van der Waals surface area contributed by atoms with Gasteiger partial charge in [-0.15, -0.1) is 0 Å². The second-order valence-electron chi connectivity index (χ2n) is 6.53. The number of nitrogens with zero attached hydrogens (tertiary/aromatic N) is 1. The van der Waals surface area contributed by atoms with Gasteiger partial charge in [0.25, 0.3) is 0 Å². The maximum atomic E-state index is 4.20. The number of rotatable bonds is 6. The van der Waals surface area contributed by atoms with E-state index in [1.54, 1.807) is 0 Å². The predicted molar refractivity (Wildman–Crippen MR) is 89.3 cm³/mol. The molecule has 1 aromatic heterocycles. The van der Waals surface area contributed by atoms with Crippen LogP contribution < -0.4 is 5.32 Å². The Hall–Kier alpha value is -1.67. The maximum Gasteiger partial charge on any atom is 0.0315 e. The first-order valence-electron chi connectivity index (χ1n) is 7.70. The molecule has 0 bridgehead atoms. The summed E-state index contributed by atoms with van der Waals surface area (Å²) in [5.74, 6) is 0. The molecule has 1 heterocycles. The molecule has 2 nitrogen and oxygen atoms in total. The summed E-state index contributed by atoms with van der Waals surface area (Å²) in [4.78, 5) is 4.20. The highest BCUT2D eigenvalue weighted by Crippen LogP contribution is 2.28. The normalized spacial score (nSPS) is 14.7. The van der Waals surface area contributed by atoms with Crippen LogP contribution in [-0.4, -0.2) is 11.0 Å². The van der Waals surface area contributed by atoms with Crippen LogP contribution in [0.3, 0.4) is 0 Å². The molecule has 0 saturated carbocycles. The first-order chi connectivity index (χ1) is 9.99. The van der Waals surface area contributed by atoms with Crippen molar-refractivity contribution >= 4 is 0 Å². The minimum atomic E-state index is 0.169. The molecule has 2 rings (SSSR count). The average Bonchev–Trinajstić information content (AvgIpc) is 2.48. The zero-order valence-electron chi connectivity index (χ0n) is 13.5. The van der Waals surface area contributed by atoms with E-state index < -0.39 is 0 Å². The van der Waals surface area contributed by atoms with Crippen LogP contribution >= 0.6 is 0 Å². The van der Waals surface area contributed by atoms with Crippen molar-refractivity contribution in [1.82, 2.24) is 10.3 Å². The van der Waals surface area contributed by atoms with Gasteiger partial charge < -0.3 is 5.32 Å². The van der Waals surface area contributed by atoms with Crippen molar-refractivity contribution in [2.45, 2.75) is 51.6 Å². The third kappa shape index (κ3) is 4.40. The van der Waals surface area contributed by atoms with Gasteiger partial charge in [-0.25, -0.2) is 0 Å². The molecule has 0 spiro atoms. The van der Waals surface area contributed by atoms with E-state index >= 15 is 0 Å². The van der Waals surface area contributed by atoms with E-state index in [9.17, 15) is 0 Å². The minimum Gasteiger partial charge on any atom is -0.308 e. The quantitative estimate of drug-likeness (QED) is 0.844. The molecule has 21 heavy (non-hydrogen) atoms. The van der Waals surface area contributed by atoms with Crippen LogP contribution in [0.2, 0.25) is 0 Å². The van der Waals surface area contributed by atoms with Gasteiger partial charge in [0.2, 0.25) is 0 Å². The first kappa shape index (κ1) is 15.7. The van der Waals surface area contributed by atoms with Crippen LogP contribution in [0.4, 0.5) is 0 Å². The number of hydrogen-bond acceptors (Lipinski definition) is 2. The molecule has 0 aliphatic rings. The Balaban J connectivity index is 1.97. The molecule has 0 radical (unpaired) electrons. The fourth-order valence-electron chi connectivity index (χ4n) is 2.99. The van der Waals surface area contributed by atoms with Crippen molar-refractivity contribution in [2.75, 3.05) is 0 Å². The summed E-state index contributed by atoms with van der Waals surface area (Å²) in [7, 11) is 0. The lowest BCUT2D eigenvalue weighted by atomic mass is 9.79.